The number of benzene rings is 1. The fraction of sp³-hybridized carbons (Fsp3) is 0.462. The normalized spacial score (nSPS) is 20.1. The molecule has 1 aliphatic rings. The number of anilines is 1. The van der Waals surface area contributed by atoms with Crippen molar-refractivity contribution >= 4 is 41.1 Å². The Morgan fingerprint density at radius 3 is 3.11 bits per heavy atom. The molecule has 2 aromatic rings. The molecule has 1 fully saturated rings. The van der Waals surface area contributed by atoms with Crippen molar-refractivity contribution in [1.82, 2.24) is 10.3 Å². The number of fused-ring (bicyclic) bond motifs is 1. The number of oxazole rings is 1. The topological polar surface area (TPSA) is 41.3 Å². The van der Waals surface area contributed by atoms with Crippen LogP contribution in [0.5, 0.6) is 0 Å². The van der Waals surface area contributed by atoms with Crippen molar-refractivity contribution in [2.75, 3.05) is 24.5 Å². The quantitative estimate of drug-likeness (QED) is 0.879. The zero-order valence-electron chi connectivity index (χ0n) is 10.7. The van der Waals surface area contributed by atoms with Gasteiger partial charge >= 0.3 is 0 Å². The van der Waals surface area contributed by atoms with E-state index in [2.05, 4.69) is 22.1 Å². The van der Waals surface area contributed by atoms with E-state index < -0.39 is 0 Å². The van der Waals surface area contributed by atoms with E-state index in [-0.39, 0.29) is 12.4 Å². The van der Waals surface area contributed by atoms with Gasteiger partial charge in [0.1, 0.15) is 5.52 Å². The van der Waals surface area contributed by atoms with Gasteiger partial charge in [-0.3, -0.25) is 0 Å². The third kappa shape index (κ3) is 3.14. The third-order valence-corrected chi connectivity index (χ3v) is 3.55. The molecule has 1 unspecified atom stereocenters. The summed E-state index contributed by atoms with van der Waals surface area (Å²) in [6.07, 6.45) is 1.10. The van der Waals surface area contributed by atoms with Crippen molar-refractivity contribution in [3.8, 4) is 0 Å². The molecule has 1 aromatic heterocycles. The number of nitrogens with zero attached hydrogens (tertiary/aromatic N) is 2. The second-order valence-electron chi connectivity index (χ2n) is 4.74. The summed E-state index contributed by atoms with van der Waals surface area (Å²) in [4.78, 5) is 6.70. The molecule has 1 N–H and O–H groups in total. The molecular weight excluding hydrogens is 285 g/mol. The van der Waals surface area contributed by atoms with Crippen molar-refractivity contribution in [2.24, 2.45) is 0 Å². The van der Waals surface area contributed by atoms with E-state index in [1.54, 1.807) is 0 Å². The van der Waals surface area contributed by atoms with Gasteiger partial charge in [0.2, 0.25) is 0 Å². The molecule has 2 heterocycles. The molecule has 3 rings (SSSR count). The van der Waals surface area contributed by atoms with Gasteiger partial charge in [0.25, 0.3) is 6.01 Å². The molecule has 19 heavy (non-hydrogen) atoms. The number of aromatic nitrogens is 1. The fourth-order valence-electron chi connectivity index (χ4n) is 2.22. The van der Waals surface area contributed by atoms with E-state index >= 15 is 0 Å². The summed E-state index contributed by atoms with van der Waals surface area (Å²) in [5, 5.41) is 4.14. The van der Waals surface area contributed by atoms with Crippen molar-refractivity contribution in [1.29, 1.82) is 0 Å². The van der Waals surface area contributed by atoms with E-state index in [0.717, 1.165) is 37.2 Å². The SMILES string of the molecule is CC1CCN(c2nc3cc(Cl)ccc3o2)CCN1.Cl. The van der Waals surface area contributed by atoms with Crippen LogP contribution >= 0.6 is 24.0 Å². The minimum absolute atomic E-state index is 0. The first-order valence-electron chi connectivity index (χ1n) is 6.27. The molecule has 1 aliphatic heterocycles. The first-order valence-corrected chi connectivity index (χ1v) is 6.64. The monoisotopic (exact) mass is 301 g/mol. The molecule has 0 amide bonds. The summed E-state index contributed by atoms with van der Waals surface area (Å²) >= 11 is 5.95. The molecule has 1 aromatic carbocycles. The van der Waals surface area contributed by atoms with Gasteiger partial charge in [0.05, 0.1) is 0 Å². The minimum atomic E-state index is 0. The van der Waals surface area contributed by atoms with E-state index in [9.17, 15) is 0 Å². The van der Waals surface area contributed by atoms with Crippen molar-refractivity contribution in [2.45, 2.75) is 19.4 Å². The van der Waals surface area contributed by atoms with Gasteiger partial charge in [-0.2, -0.15) is 4.98 Å². The minimum Gasteiger partial charge on any atom is -0.423 e. The van der Waals surface area contributed by atoms with Crippen LogP contribution in [-0.4, -0.2) is 30.7 Å². The average Bonchev–Trinajstić information content (AvgIpc) is 2.63. The van der Waals surface area contributed by atoms with Gasteiger partial charge in [-0.1, -0.05) is 11.6 Å². The molecule has 0 radical (unpaired) electrons. The van der Waals surface area contributed by atoms with Crippen LogP contribution in [0.4, 0.5) is 6.01 Å². The summed E-state index contributed by atoms with van der Waals surface area (Å²) < 4.78 is 5.78. The van der Waals surface area contributed by atoms with Crippen LogP contribution in [0.25, 0.3) is 11.1 Å². The third-order valence-electron chi connectivity index (χ3n) is 3.32. The van der Waals surface area contributed by atoms with E-state index in [4.69, 9.17) is 16.0 Å². The van der Waals surface area contributed by atoms with Gasteiger partial charge in [-0.25, -0.2) is 0 Å². The predicted molar refractivity (Wildman–Crippen MR) is 80.6 cm³/mol. The molecule has 4 nitrogen and oxygen atoms in total. The summed E-state index contributed by atoms with van der Waals surface area (Å²) in [5.41, 5.74) is 1.61. The second-order valence-corrected chi connectivity index (χ2v) is 5.18. The second kappa shape index (κ2) is 5.99. The lowest BCUT2D eigenvalue weighted by molar-refractivity contribution is 0.559. The van der Waals surface area contributed by atoms with Crippen molar-refractivity contribution in [3.63, 3.8) is 0 Å². The predicted octanol–water partition coefficient (Wildman–Crippen LogP) is 3.09. The lowest BCUT2D eigenvalue weighted by atomic mass is 10.2. The Balaban J connectivity index is 0.00000133. The maximum absolute atomic E-state index is 5.95. The molecule has 6 heteroatoms. The Bertz CT molecular complexity index is 558. The standard InChI is InChI=1S/C13H16ClN3O.ClH/c1-9-4-6-17(7-5-15-9)13-16-11-8-10(14)2-3-12(11)18-13;/h2-3,8-9,15H,4-7H2,1H3;1H. The number of halogens is 2. The number of hydrogen-bond donors (Lipinski definition) is 1. The summed E-state index contributed by atoms with van der Waals surface area (Å²) in [7, 11) is 0. The highest BCUT2D eigenvalue weighted by molar-refractivity contribution is 6.31. The fourth-order valence-corrected chi connectivity index (χ4v) is 2.39. The van der Waals surface area contributed by atoms with Gasteiger partial charge in [0, 0.05) is 30.7 Å². The maximum atomic E-state index is 5.95. The molecule has 104 valence electrons. The van der Waals surface area contributed by atoms with Crippen molar-refractivity contribution in [3.05, 3.63) is 23.2 Å². The van der Waals surface area contributed by atoms with Gasteiger partial charge in [-0.15, -0.1) is 12.4 Å². The van der Waals surface area contributed by atoms with Gasteiger partial charge < -0.3 is 14.6 Å². The smallest absolute Gasteiger partial charge is 0.298 e. The molecule has 0 spiro atoms. The Kier molecular flexibility index (Phi) is 4.55. The van der Waals surface area contributed by atoms with Crippen molar-refractivity contribution < 1.29 is 4.42 Å². The summed E-state index contributed by atoms with van der Waals surface area (Å²) in [6, 6.07) is 6.78. The van der Waals surface area contributed by atoms with Crippen LogP contribution < -0.4 is 10.2 Å². The molecule has 1 saturated heterocycles. The first kappa shape index (κ1) is 14.4. The van der Waals surface area contributed by atoms with Crippen LogP contribution in [0, 0.1) is 0 Å². The maximum Gasteiger partial charge on any atom is 0.298 e. The molecule has 0 aliphatic carbocycles. The lowest BCUT2D eigenvalue weighted by Crippen LogP contribution is -2.29. The van der Waals surface area contributed by atoms with Crippen LogP contribution in [0.15, 0.2) is 22.6 Å². The number of rotatable bonds is 1. The highest BCUT2D eigenvalue weighted by Crippen LogP contribution is 2.25. The van der Waals surface area contributed by atoms with Crippen LogP contribution in [0.3, 0.4) is 0 Å². The Morgan fingerprint density at radius 1 is 1.42 bits per heavy atom. The van der Waals surface area contributed by atoms with Crippen LogP contribution in [0.1, 0.15) is 13.3 Å². The summed E-state index contributed by atoms with van der Waals surface area (Å²) in [5.74, 6) is 0. The highest BCUT2D eigenvalue weighted by Gasteiger charge is 2.18. The zero-order chi connectivity index (χ0) is 12.5. The van der Waals surface area contributed by atoms with Gasteiger partial charge in [-0.05, 0) is 31.5 Å². The Morgan fingerprint density at radius 2 is 2.26 bits per heavy atom. The largest absolute Gasteiger partial charge is 0.423 e. The zero-order valence-corrected chi connectivity index (χ0v) is 12.3. The molecule has 0 saturated carbocycles. The Labute approximate surface area is 123 Å². The average molecular weight is 302 g/mol. The van der Waals surface area contributed by atoms with Crippen LogP contribution in [0.2, 0.25) is 5.02 Å². The molecule has 0 bridgehead atoms. The van der Waals surface area contributed by atoms with Gasteiger partial charge in [0.15, 0.2) is 5.58 Å². The Hall–Kier alpha value is -0.970. The van der Waals surface area contributed by atoms with E-state index in [1.807, 2.05) is 18.2 Å². The number of nitrogens with one attached hydrogen (secondary N) is 1. The van der Waals surface area contributed by atoms with E-state index in [0.29, 0.717) is 17.1 Å². The molecular formula is C13H17Cl2N3O. The number of hydrogen-bond acceptors (Lipinski definition) is 4. The highest BCUT2D eigenvalue weighted by atomic mass is 35.5. The first-order chi connectivity index (χ1) is 8.72. The van der Waals surface area contributed by atoms with E-state index in [1.165, 1.54) is 0 Å². The van der Waals surface area contributed by atoms with Crippen LogP contribution in [-0.2, 0) is 0 Å². The molecule has 1 atom stereocenters. The summed E-state index contributed by atoms with van der Waals surface area (Å²) in [6.45, 7) is 5.05. The lowest BCUT2D eigenvalue weighted by Gasteiger charge is -2.16.